The molecule has 1 aliphatic heterocycles. The molecule has 2 rings (SSSR count). The lowest BCUT2D eigenvalue weighted by Crippen LogP contribution is -2.20. The number of benzene rings is 1. The second-order valence-corrected chi connectivity index (χ2v) is 3.98. The van der Waals surface area contributed by atoms with Crippen molar-refractivity contribution >= 4 is 11.6 Å². The summed E-state index contributed by atoms with van der Waals surface area (Å²) in [5, 5.41) is 2.24. The molecule has 1 N–H and O–H groups in total. The van der Waals surface area contributed by atoms with E-state index in [1.165, 1.54) is 6.07 Å². The van der Waals surface area contributed by atoms with Gasteiger partial charge in [0.05, 0.1) is 12.5 Å². The molecule has 0 spiro atoms. The molecule has 92 valence electrons. The van der Waals surface area contributed by atoms with Gasteiger partial charge < -0.3 is 10.1 Å². The molecular formula is C12H13F2NO2. The van der Waals surface area contributed by atoms with E-state index in [-0.39, 0.29) is 12.5 Å². The second kappa shape index (κ2) is 5.23. The van der Waals surface area contributed by atoms with E-state index in [0.717, 1.165) is 25.0 Å². The molecule has 3 nitrogen and oxygen atoms in total. The Labute approximate surface area is 97.8 Å². The first kappa shape index (κ1) is 12.0. The van der Waals surface area contributed by atoms with Crippen molar-refractivity contribution in [3.63, 3.8) is 0 Å². The minimum absolute atomic E-state index is 0.133. The van der Waals surface area contributed by atoms with Gasteiger partial charge in [-0.1, -0.05) is 6.07 Å². The van der Waals surface area contributed by atoms with E-state index in [4.69, 9.17) is 4.74 Å². The van der Waals surface area contributed by atoms with Gasteiger partial charge in [-0.05, 0) is 25.0 Å². The molecule has 0 saturated carbocycles. The number of halogens is 2. The van der Waals surface area contributed by atoms with Crippen LogP contribution in [0.2, 0.25) is 0 Å². The predicted molar refractivity (Wildman–Crippen MR) is 58.6 cm³/mol. The molecule has 1 unspecified atom stereocenters. The first-order chi connectivity index (χ1) is 8.16. The van der Waals surface area contributed by atoms with Crippen LogP contribution in [0.15, 0.2) is 18.2 Å². The van der Waals surface area contributed by atoms with Gasteiger partial charge in [-0.15, -0.1) is 0 Å². The minimum Gasteiger partial charge on any atom is -0.378 e. The number of carbonyl (C=O) groups excluding carboxylic acids is 1. The van der Waals surface area contributed by atoms with Gasteiger partial charge in [0, 0.05) is 6.61 Å². The van der Waals surface area contributed by atoms with Crippen LogP contribution in [-0.2, 0) is 9.53 Å². The molecule has 1 atom stereocenters. The average Bonchev–Trinajstić information content (AvgIpc) is 2.76. The van der Waals surface area contributed by atoms with Crippen LogP contribution < -0.4 is 5.32 Å². The maximum atomic E-state index is 13.2. The summed E-state index contributed by atoms with van der Waals surface area (Å²) in [6, 6.07) is 3.45. The number of anilines is 1. The zero-order valence-electron chi connectivity index (χ0n) is 9.21. The fourth-order valence-corrected chi connectivity index (χ4v) is 1.82. The predicted octanol–water partition coefficient (Wildman–Crippen LogP) is 2.47. The number of para-hydroxylation sites is 1. The van der Waals surface area contributed by atoms with Gasteiger partial charge in [0.15, 0.2) is 0 Å². The molecule has 0 radical (unpaired) electrons. The molecule has 1 fully saturated rings. The summed E-state index contributed by atoms with van der Waals surface area (Å²) in [6.07, 6.45) is 1.73. The third-order valence-corrected chi connectivity index (χ3v) is 2.66. The Bertz CT molecular complexity index is 397. The van der Waals surface area contributed by atoms with Gasteiger partial charge in [-0.25, -0.2) is 8.78 Å². The summed E-state index contributed by atoms with van der Waals surface area (Å²) in [4.78, 5) is 11.5. The topological polar surface area (TPSA) is 38.3 Å². The van der Waals surface area contributed by atoms with Gasteiger partial charge in [-0.3, -0.25) is 4.79 Å². The van der Waals surface area contributed by atoms with E-state index < -0.39 is 23.2 Å². The first-order valence-electron chi connectivity index (χ1n) is 5.52. The quantitative estimate of drug-likeness (QED) is 0.882. The van der Waals surface area contributed by atoms with E-state index in [1.54, 1.807) is 0 Å². The lowest BCUT2D eigenvalue weighted by atomic mass is 10.1. The number of hydrogen-bond donors (Lipinski definition) is 1. The minimum atomic E-state index is -0.773. The Balaban J connectivity index is 1.97. The highest BCUT2D eigenvalue weighted by Gasteiger charge is 2.20. The van der Waals surface area contributed by atoms with Crippen LogP contribution in [0, 0.1) is 11.6 Å². The number of rotatable bonds is 3. The Kier molecular flexibility index (Phi) is 3.68. The number of amides is 1. The first-order valence-corrected chi connectivity index (χ1v) is 5.52. The fourth-order valence-electron chi connectivity index (χ4n) is 1.82. The van der Waals surface area contributed by atoms with Gasteiger partial charge in [-0.2, -0.15) is 0 Å². The van der Waals surface area contributed by atoms with E-state index in [1.807, 2.05) is 0 Å². The Hall–Kier alpha value is -1.49. The van der Waals surface area contributed by atoms with Crippen molar-refractivity contribution in [1.29, 1.82) is 0 Å². The fraction of sp³-hybridized carbons (Fsp3) is 0.417. The average molecular weight is 241 g/mol. The van der Waals surface area contributed by atoms with Gasteiger partial charge in [0.2, 0.25) is 5.91 Å². The van der Waals surface area contributed by atoms with Crippen LogP contribution >= 0.6 is 0 Å². The SMILES string of the molecule is O=C(CC1CCCO1)Nc1c(F)cccc1F. The summed E-state index contributed by atoms with van der Waals surface area (Å²) in [7, 11) is 0. The summed E-state index contributed by atoms with van der Waals surface area (Å²) in [5.41, 5.74) is -0.393. The van der Waals surface area contributed by atoms with Crippen LogP contribution in [-0.4, -0.2) is 18.6 Å². The number of ether oxygens (including phenoxy) is 1. The van der Waals surface area contributed by atoms with Gasteiger partial charge in [0.1, 0.15) is 17.3 Å². The van der Waals surface area contributed by atoms with Gasteiger partial charge >= 0.3 is 0 Å². The summed E-state index contributed by atoms with van der Waals surface area (Å²) in [6.45, 7) is 0.645. The van der Waals surface area contributed by atoms with Crippen molar-refractivity contribution in [2.24, 2.45) is 0 Å². The monoisotopic (exact) mass is 241 g/mol. The molecule has 1 amide bonds. The summed E-state index contributed by atoms with van der Waals surface area (Å²) < 4.78 is 31.8. The van der Waals surface area contributed by atoms with Crippen molar-refractivity contribution in [3.05, 3.63) is 29.8 Å². The van der Waals surface area contributed by atoms with E-state index in [9.17, 15) is 13.6 Å². The number of nitrogens with one attached hydrogen (secondary N) is 1. The molecule has 1 aromatic rings. The molecule has 17 heavy (non-hydrogen) atoms. The lowest BCUT2D eigenvalue weighted by molar-refractivity contribution is -0.118. The number of carbonyl (C=O) groups is 1. The summed E-state index contributed by atoms with van der Waals surface area (Å²) in [5.74, 6) is -1.97. The molecule has 0 aromatic heterocycles. The van der Waals surface area contributed by atoms with Crippen molar-refractivity contribution in [2.45, 2.75) is 25.4 Å². The maximum absolute atomic E-state index is 13.2. The number of hydrogen-bond acceptors (Lipinski definition) is 2. The van der Waals surface area contributed by atoms with Crippen LogP contribution in [0.4, 0.5) is 14.5 Å². The van der Waals surface area contributed by atoms with Crippen molar-refractivity contribution < 1.29 is 18.3 Å². The van der Waals surface area contributed by atoms with Crippen LogP contribution in [0.25, 0.3) is 0 Å². The Morgan fingerprint density at radius 2 is 2.12 bits per heavy atom. The smallest absolute Gasteiger partial charge is 0.227 e. The van der Waals surface area contributed by atoms with Gasteiger partial charge in [0.25, 0.3) is 0 Å². The molecule has 5 heteroatoms. The standard InChI is InChI=1S/C12H13F2NO2/c13-9-4-1-5-10(14)12(9)15-11(16)7-8-3-2-6-17-8/h1,4-5,8H,2-3,6-7H2,(H,15,16). The molecule has 0 bridgehead atoms. The van der Waals surface area contributed by atoms with Crippen LogP contribution in [0.3, 0.4) is 0 Å². The largest absolute Gasteiger partial charge is 0.378 e. The normalized spacial score (nSPS) is 19.3. The third kappa shape index (κ3) is 3.00. The Morgan fingerprint density at radius 3 is 2.71 bits per heavy atom. The van der Waals surface area contributed by atoms with Crippen molar-refractivity contribution in [1.82, 2.24) is 0 Å². The van der Waals surface area contributed by atoms with Crippen molar-refractivity contribution in [2.75, 3.05) is 11.9 Å². The zero-order valence-corrected chi connectivity index (χ0v) is 9.21. The second-order valence-electron chi connectivity index (χ2n) is 3.98. The molecule has 1 saturated heterocycles. The van der Waals surface area contributed by atoms with E-state index in [2.05, 4.69) is 5.32 Å². The summed E-state index contributed by atoms with van der Waals surface area (Å²) >= 11 is 0. The Morgan fingerprint density at radius 1 is 1.41 bits per heavy atom. The third-order valence-electron chi connectivity index (χ3n) is 2.66. The molecule has 1 heterocycles. The maximum Gasteiger partial charge on any atom is 0.227 e. The van der Waals surface area contributed by atoms with E-state index >= 15 is 0 Å². The molecule has 1 aliphatic rings. The highest BCUT2D eigenvalue weighted by atomic mass is 19.1. The lowest BCUT2D eigenvalue weighted by Gasteiger charge is -2.10. The van der Waals surface area contributed by atoms with E-state index in [0.29, 0.717) is 6.61 Å². The molecular weight excluding hydrogens is 228 g/mol. The highest BCUT2D eigenvalue weighted by Crippen LogP contribution is 2.20. The van der Waals surface area contributed by atoms with Crippen molar-refractivity contribution in [3.8, 4) is 0 Å². The molecule has 0 aliphatic carbocycles. The van der Waals surface area contributed by atoms with Crippen LogP contribution in [0.1, 0.15) is 19.3 Å². The highest BCUT2D eigenvalue weighted by molar-refractivity contribution is 5.91. The van der Waals surface area contributed by atoms with Crippen LogP contribution in [0.5, 0.6) is 0 Å². The molecule has 1 aromatic carbocycles. The zero-order chi connectivity index (χ0) is 12.3.